The zero-order valence-electron chi connectivity index (χ0n) is 16.3. The van der Waals surface area contributed by atoms with Gasteiger partial charge in [0.1, 0.15) is 0 Å². The number of nitrogens with zero attached hydrogens (tertiary/aromatic N) is 2. The normalized spacial score (nSPS) is 20.8. The van der Waals surface area contributed by atoms with E-state index in [-0.39, 0.29) is 18.9 Å². The van der Waals surface area contributed by atoms with Gasteiger partial charge in [0, 0.05) is 39.3 Å². The zero-order chi connectivity index (χ0) is 18.6. The molecule has 0 aromatic heterocycles. The van der Waals surface area contributed by atoms with Crippen molar-refractivity contribution in [2.45, 2.75) is 51.1 Å². The van der Waals surface area contributed by atoms with Crippen LogP contribution in [0.5, 0.6) is 11.5 Å². The predicted molar refractivity (Wildman–Crippen MR) is 104 cm³/mol. The Morgan fingerprint density at radius 2 is 1.89 bits per heavy atom. The van der Waals surface area contributed by atoms with Crippen LogP contribution >= 0.6 is 0 Å². The topological polar surface area (TPSA) is 54.0 Å². The largest absolute Gasteiger partial charge is 0.454 e. The van der Waals surface area contributed by atoms with Gasteiger partial charge in [0.2, 0.25) is 6.79 Å². The Bertz CT molecular complexity index is 652. The number of nitrogens with one attached hydrogen (secondary N) is 1. The summed E-state index contributed by atoms with van der Waals surface area (Å²) < 4.78 is 10.8. The van der Waals surface area contributed by atoms with E-state index in [1.54, 1.807) is 4.90 Å². The second kappa shape index (κ2) is 8.38. The molecule has 0 unspecified atom stereocenters. The molecule has 2 fully saturated rings. The van der Waals surface area contributed by atoms with Crippen LogP contribution in [0, 0.1) is 5.92 Å². The Labute approximate surface area is 161 Å². The van der Waals surface area contributed by atoms with Crippen molar-refractivity contribution < 1.29 is 14.3 Å². The van der Waals surface area contributed by atoms with Gasteiger partial charge in [0.15, 0.2) is 11.5 Å². The molecular weight excluding hydrogens is 342 g/mol. The highest BCUT2D eigenvalue weighted by Gasteiger charge is 2.25. The van der Waals surface area contributed by atoms with Crippen molar-refractivity contribution in [1.82, 2.24) is 15.1 Å². The molecule has 148 valence electrons. The molecule has 1 aromatic rings. The summed E-state index contributed by atoms with van der Waals surface area (Å²) in [7, 11) is 1.84. The molecule has 2 heterocycles. The quantitative estimate of drug-likeness (QED) is 0.861. The van der Waals surface area contributed by atoms with Crippen molar-refractivity contribution in [3.8, 4) is 11.5 Å². The van der Waals surface area contributed by atoms with Gasteiger partial charge in [-0.25, -0.2) is 4.79 Å². The van der Waals surface area contributed by atoms with E-state index in [0.29, 0.717) is 6.54 Å². The third-order valence-electron chi connectivity index (χ3n) is 6.11. The minimum Gasteiger partial charge on any atom is -0.454 e. The van der Waals surface area contributed by atoms with E-state index in [4.69, 9.17) is 9.47 Å². The van der Waals surface area contributed by atoms with Gasteiger partial charge < -0.3 is 24.6 Å². The van der Waals surface area contributed by atoms with Crippen LogP contribution in [-0.2, 0) is 6.54 Å². The smallest absolute Gasteiger partial charge is 0.317 e. The number of rotatable bonds is 5. The van der Waals surface area contributed by atoms with Gasteiger partial charge in [-0.15, -0.1) is 0 Å². The third-order valence-corrected chi connectivity index (χ3v) is 6.11. The van der Waals surface area contributed by atoms with Crippen molar-refractivity contribution in [3.05, 3.63) is 23.8 Å². The highest BCUT2D eigenvalue weighted by molar-refractivity contribution is 5.74. The van der Waals surface area contributed by atoms with Crippen molar-refractivity contribution in [3.63, 3.8) is 0 Å². The van der Waals surface area contributed by atoms with Crippen molar-refractivity contribution in [1.29, 1.82) is 0 Å². The van der Waals surface area contributed by atoms with E-state index in [1.165, 1.54) is 32.2 Å². The molecule has 0 atom stereocenters. The maximum atomic E-state index is 12.6. The first-order valence-electron chi connectivity index (χ1n) is 10.3. The summed E-state index contributed by atoms with van der Waals surface area (Å²) in [4.78, 5) is 16.9. The molecule has 6 heteroatoms. The number of carbonyl (C=O) groups is 1. The number of piperidine rings is 1. The Balaban J connectivity index is 1.21. The van der Waals surface area contributed by atoms with Crippen LogP contribution in [0.25, 0.3) is 0 Å². The lowest BCUT2D eigenvalue weighted by Gasteiger charge is -2.34. The lowest BCUT2D eigenvalue weighted by atomic mass is 10.0. The number of amides is 2. The molecule has 1 saturated heterocycles. The molecule has 2 aliphatic heterocycles. The lowest BCUT2D eigenvalue weighted by molar-refractivity contribution is 0.163. The number of likely N-dealkylation sites (tertiary alicyclic amines) is 1. The fourth-order valence-electron chi connectivity index (χ4n) is 4.49. The average molecular weight is 373 g/mol. The summed E-state index contributed by atoms with van der Waals surface area (Å²) in [6.45, 7) is 4.29. The number of urea groups is 1. The maximum absolute atomic E-state index is 12.6. The number of benzene rings is 1. The van der Waals surface area contributed by atoms with Gasteiger partial charge in [-0.05, 0) is 49.3 Å². The Morgan fingerprint density at radius 3 is 2.67 bits per heavy atom. The highest BCUT2D eigenvalue weighted by Crippen LogP contribution is 2.32. The zero-order valence-corrected chi connectivity index (χ0v) is 16.3. The van der Waals surface area contributed by atoms with E-state index < -0.39 is 0 Å². The summed E-state index contributed by atoms with van der Waals surface area (Å²) in [5, 5.41) is 3.21. The molecule has 2 amide bonds. The van der Waals surface area contributed by atoms with Gasteiger partial charge >= 0.3 is 6.03 Å². The summed E-state index contributed by atoms with van der Waals surface area (Å²) in [5.74, 6) is 2.44. The Kier molecular flexibility index (Phi) is 5.72. The highest BCUT2D eigenvalue weighted by atomic mass is 16.7. The van der Waals surface area contributed by atoms with E-state index >= 15 is 0 Å². The molecule has 1 aliphatic carbocycles. The minimum atomic E-state index is 0.00177. The summed E-state index contributed by atoms with van der Waals surface area (Å²) in [5.41, 5.74) is 1.04. The molecule has 4 rings (SSSR count). The monoisotopic (exact) mass is 373 g/mol. The fourth-order valence-corrected chi connectivity index (χ4v) is 4.49. The van der Waals surface area contributed by atoms with Crippen molar-refractivity contribution >= 4 is 6.03 Å². The van der Waals surface area contributed by atoms with Crippen molar-refractivity contribution in [2.24, 2.45) is 5.92 Å². The van der Waals surface area contributed by atoms with Crippen LogP contribution in [0.3, 0.4) is 0 Å². The van der Waals surface area contributed by atoms with Crippen LogP contribution in [0.1, 0.15) is 44.1 Å². The molecule has 1 N–H and O–H groups in total. The fraction of sp³-hybridized carbons (Fsp3) is 0.667. The van der Waals surface area contributed by atoms with Crippen LogP contribution in [-0.4, -0.2) is 55.3 Å². The average Bonchev–Trinajstić information content (AvgIpc) is 3.34. The Morgan fingerprint density at radius 1 is 1.15 bits per heavy atom. The van der Waals surface area contributed by atoms with E-state index in [2.05, 4.69) is 10.2 Å². The van der Waals surface area contributed by atoms with Gasteiger partial charge in [-0.2, -0.15) is 0 Å². The molecule has 27 heavy (non-hydrogen) atoms. The number of hydrogen-bond acceptors (Lipinski definition) is 4. The standard InChI is InChI=1S/C21H31N3O3/c1-23(13-17-6-7-19-20(12-17)27-15-26-19)21(25)22-18-8-10-24(11-9-18)14-16-4-2-3-5-16/h6-7,12,16,18H,2-5,8-11,13-15H2,1H3,(H,22,25). The molecule has 1 saturated carbocycles. The molecular formula is C21H31N3O3. The van der Waals surface area contributed by atoms with Crippen molar-refractivity contribution in [2.75, 3.05) is 33.5 Å². The first-order valence-corrected chi connectivity index (χ1v) is 10.3. The molecule has 6 nitrogen and oxygen atoms in total. The first-order chi connectivity index (χ1) is 13.2. The van der Waals surface area contributed by atoms with E-state index in [9.17, 15) is 4.79 Å². The molecule has 0 spiro atoms. The summed E-state index contributed by atoms with van der Waals surface area (Å²) in [6, 6.07) is 6.13. The van der Waals surface area contributed by atoms with Crippen LogP contribution < -0.4 is 14.8 Å². The SMILES string of the molecule is CN(Cc1ccc2c(c1)OCO2)C(=O)NC1CCN(CC2CCCC2)CC1. The number of carbonyl (C=O) groups excluding carboxylic acids is 1. The number of hydrogen-bond donors (Lipinski definition) is 1. The third kappa shape index (κ3) is 4.67. The van der Waals surface area contributed by atoms with Gasteiger partial charge in [0.05, 0.1) is 0 Å². The van der Waals surface area contributed by atoms with E-state index in [0.717, 1.165) is 48.9 Å². The molecule has 3 aliphatic rings. The van der Waals surface area contributed by atoms with Crippen LogP contribution in [0.15, 0.2) is 18.2 Å². The number of fused-ring (bicyclic) bond motifs is 1. The lowest BCUT2D eigenvalue weighted by Crippen LogP contribution is -2.48. The van der Waals surface area contributed by atoms with Crippen LogP contribution in [0.4, 0.5) is 4.79 Å². The minimum absolute atomic E-state index is 0.00177. The van der Waals surface area contributed by atoms with Gasteiger partial charge in [-0.3, -0.25) is 0 Å². The second-order valence-corrected chi connectivity index (χ2v) is 8.22. The predicted octanol–water partition coefficient (Wildman–Crippen LogP) is 3.21. The summed E-state index contributed by atoms with van der Waals surface area (Å²) in [6.07, 6.45) is 7.73. The molecule has 0 bridgehead atoms. The molecule has 1 aromatic carbocycles. The number of ether oxygens (including phenoxy) is 2. The first kappa shape index (κ1) is 18.4. The van der Waals surface area contributed by atoms with Gasteiger partial charge in [-0.1, -0.05) is 18.9 Å². The van der Waals surface area contributed by atoms with E-state index in [1.807, 2.05) is 25.2 Å². The van der Waals surface area contributed by atoms with Gasteiger partial charge in [0.25, 0.3) is 0 Å². The second-order valence-electron chi connectivity index (χ2n) is 8.22. The molecule has 0 radical (unpaired) electrons. The Hall–Kier alpha value is -1.95. The maximum Gasteiger partial charge on any atom is 0.317 e. The van der Waals surface area contributed by atoms with Crippen LogP contribution in [0.2, 0.25) is 0 Å². The summed E-state index contributed by atoms with van der Waals surface area (Å²) >= 11 is 0.